The van der Waals surface area contributed by atoms with Crippen LogP contribution in [0, 0.1) is 5.92 Å². The molecule has 1 heterocycles. The zero-order valence-corrected chi connectivity index (χ0v) is 18.1. The van der Waals surface area contributed by atoms with Crippen LogP contribution in [0.5, 0.6) is 5.75 Å². The molecule has 1 fully saturated rings. The maximum Gasteiger partial charge on any atom is 0.222 e. The van der Waals surface area contributed by atoms with Crippen molar-refractivity contribution in [3.63, 3.8) is 0 Å². The molecule has 0 saturated carbocycles. The number of nitrogens with zero attached hydrogens (tertiary/aromatic N) is 1. The van der Waals surface area contributed by atoms with Crippen LogP contribution in [-0.4, -0.2) is 50.3 Å². The zero-order valence-electron chi connectivity index (χ0n) is 17.2. The summed E-state index contributed by atoms with van der Waals surface area (Å²) < 4.78 is 28.5. The molecule has 1 aliphatic heterocycles. The van der Waals surface area contributed by atoms with Crippen molar-refractivity contribution in [2.24, 2.45) is 5.92 Å². The summed E-state index contributed by atoms with van der Waals surface area (Å²) in [5.74, 6) is 0.874. The molecule has 0 aromatic heterocycles. The van der Waals surface area contributed by atoms with E-state index in [1.54, 1.807) is 12.1 Å². The number of aliphatic hydroxyl groups is 1. The number of piperidine rings is 1. The molecule has 1 saturated heterocycles. The van der Waals surface area contributed by atoms with E-state index in [2.05, 4.69) is 0 Å². The first kappa shape index (κ1) is 22.3. The van der Waals surface area contributed by atoms with Crippen LogP contribution in [-0.2, 0) is 14.6 Å². The van der Waals surface area contributed by atoms with Crippen LogP contribution in [0.1, 0.15) is 37.4 Å². The predicted molar refractivity (Wildman–Crippen MR) is 115 cm³/mol. The van der Waals surface area contributed by atoms with Gasteiger partial charge < -0.3 is 14.7 Å². The Labute approximate surface area is 178 Å². The van der Waals surface area contributed by atoms with Crippen molar-refractivity contribution < 1.29 is 23.1 Å². The van der Waals surface area contributed by atoms with E-state index in [0.717, 1.165) is 18.4 Å². The highest BCUT2D eigenvalue weighted by Crippen LogP contribution is 2.30. The summed E-state index contributed by atoms with van der Waals surface area (Å²) in [5, 5.41) is 10.6. The van der Waals surface area contributed by atoms with Crippen LogP contribution in [0.3, 0.4) is 0 Å². The highest BCUT2D eigenvalue weighted by atomic mass is 32.2. The van der Waals surface area contributed by atoms with Crippen molar-refractivity contribution in [3.8, 4) is 5.75 Å². The predicted octanol–water partition coefficient (Wildman–Crippen LogP) is 3.22. The zero-order chi connectivity index (χ0) is 21.6. The van der Waals surface area contributed by atoms with Gasteiger partial charge in [-0.15, -0.1) is 0 Å². The summed E-state index contributed by atoms with van der Waals surface area (Å²) in [4.78, 5) is 14.6. The first-order valence-corrected chi connectivity index (χ1v) is 12.2. The van der Waals surface area contributed by atoms with Crippen molar-refractivity contribution in [2.75, 3.05) is 26.0 Å². The summed E-state index contributed by atoms with van der Waals surface area (Å²) in [6.07, 6.45) is 3.29. The quantitative estimate of drug-likeness (QED) is 0.649. The highest BCUT2D eigenvalue weighted by molar-refractivity contribution is 7.90. The standard InChI is InChI=1S/C23H29NO5S/c1-30(27,28)21-11-9-20(10-12-21)29-17-5-8-22(25)24-15-13-19(14-16-24)23(26)18-6-3-2-4-7-18/h2-4,6-7,9-12,19,23,26H,5,8,13-17H2,1H3. The average molecular weight is 432 g/mol. The Morgan fingerprint density at radius 1 is 1.10 bits per heavy atom. The van der Waals surface area contributed by atoms with Crippen molar-refractivity contribution in [1.29, 1.82) is 0 Å². The third kappa shape index (κ3) is 6.06. The van der Waals surface area contributed by atoms with Gasteiger partial charge in [-0.25, -0.2) is 8.42 Å². The molecule has 162 valence electrons. The Hall–Kier alpha value is -2.38. The number of hydrogen-bond donors (Lipinski definition) is 1. The normalized spacial score (nSPS) is 16.3. The Morgan fingerprint density at radius 3 is 2.33 bits per heavy atom. The van der Waals surface area contributed by atoms with E-state index >= 15 is 0 Å². The van der Waals surface area contributed by atoms with Gasteiger partial charge in [-0.05, 0) is 55.0 Å². The van der Waals surface area contributed by atoms with Gasteiger partial charge in [0.05, 0.1) is 17.6 Å². The molecule has 1 unspecified atom stereocenters. The number of ether oxygens (including phenoxy) is 1. The Kier molecular flexibility index (Phi) is 7.50. The van der Waals surface area contributed by atoms with Gasteiger partial charge in [-0.3, -0.25) is 4.79 Å². The van der Waals surface area contributed by atoms with Crippen LogP contribution in [0.15, 0.2) is 59.5 Å². The van der Waals surface area contributed by atoms with Crippen molar-refractivity contribution in [1.82, 2.24) is 4.90 Å². The van der Waals surface area contributed by atoms with Crippen LogP contribution >= 0.6 is 0 Å². The Bertz CT molecular complexity index is 920. The second-order valence-electron chi connectivity index (χ2n) is 7.77. The lowest BCUT2D eigenvalue weighted by Crippen LogP contribution is -2.39. The first-order valence-electron chi connectivity index (χ1n) is 10.3. The maximum atomic E-state index is 12.5. The van der Waals surface area contributed by atoms with E-state index in [-0.39, 0.29) is 16.7 Å². The summed E-state index contributed by atoms with van der Waals surface area (Å²) >= 11 is 0. The average Bonchev–Trinajstić information content (AvgIpc) is 2.76. The maximum absolute atomic E-state index is 12.5. The van der Waals surface area contributed by atoms with E-state index in [9.17, 15) is 18.3 Å². The number of benzene rings is 2. The van der Waals surface area contributed by atoms with E-state index in [1.807, 2.05) is 35.2 Å². The van der Waals surface area contributed by atoms with E-state index < -0.39 is 15.9 Å². The minimum absolute atomic E-state index is 0.110. The Balaban J connectivity index is 1.37. The third-order valence-electron chi connectivity index (χ3n) is 5.54. The highest BCUT2D eigenvalue weighted by Gasteiger charge is 2.27. The van der Waals surface area contributed by atoms with Gasteiger partial charge in [0.25, 0.3) is 0 Å². The van der Waals surface area contributed by atoms with Crippen LogP contribution < -0.4 is 4.74 Å². The molecule has 1 atom stereocenters. The molecule has 6 nitrogen and oxygen atoms in total. The molecule has 2 aromatic rings. The molecule has 1 N–H and O–H groups in total. The second kappa shape index (κ2) is 10.1. The van der Waals surface area contributed by atoms with Gasteiger partial charge in [0.2, 0.25) is 5.91 Å². The number of aliphatic hydroxyl groups excluding tert-OH is 1. The molecule has 30 heavy (non-hydrogen) atoms. The third-order valence-corrected chi connectivity index (χ3v) is 6.66. The largest absolute Gasteiger partial charge is 0.494 e. The van der Waals surface area contributed by atoms with Gasteiger partial charge in [0, 0.05) is 25.8 Å². The lowest BCUT2D eigenvalue weighted by atomic mass is 9.87. The fraction of sp³-hybridized carbons (Fsp3) is 0.435. The van der Waals surface area contributed by atoms with Crippen LogP contribution in [0.25, 0.3) is 0 Å². The number of amides is 1. The smallest absolute Gasteiger partial charge is 0.222 e. The minimum Gasteiger partial charge on any atom is -0.494 e. The number of rotatable bonds is 8. The van der Waals surface area contributed by atoms with E-state index in [1.165, 1.54) is 18.4 Å². The lowest BCUT2D eigenvalue weighted by molar-refractivity contribution is -0.133. The van der Waals surface area contributed by atoms with E-state index in [4.69, 9.17) is 4.74 Å². The fourth-order valence-electron chi connectivity index (χ4n) is 3.74. The molecule has 3 rings (SSSR count). The van der Waals surface area contributed by atoms with Crippen molar-refractivity contribution in [2.45, 2.75) is 36.7 Å². The second-order valence-corrected chi connectivity index (χ2v) is 9.79. The molecule has 1 amide bonds. The molecule has 7 heteroatoms. The number of carbonyl (C=O) groups is 1. The topological polar surface area (TPSA) is 83.9 Å². The fourth-order valence-corrected chi connectivity index (χ4v) is 4.37. The van der Waals surface area contributed by atoms with Gasteiger partial charge in [0.1, 0.15) is 5.75 Å². The molecule has 2 aromatic carbocycles. The number of sulfone groups is 1. The molecule has 1 aliphatic rings. The van der Waals surface area contributed by atoms with E-state index in [0.29, 0.717) is 38.3 Å². The van der Waals surface area contributed by atoms with Gasteiger partial charge in [0.15, 0.2) is 9.84 Å². The van der Waals surface area contributed by atoms with Crippen molar-refractivity contribution >= 4 is 15.7 Å². The molecule has 0 spiro atoms. The molecular formula is C23H29NO5S. The molecule has 0 bridgehead atoms. The Morgan fingerprint density at radius 2 is 1.73 bits per heavy atom. The SMILES string of the molecule is CS(=O)(=O)c1ccc(OCCCC(=O)N2CCC(C(O)c3ccccc3)CC2)cc1. The molecule has 0 aliphatic carbocycles. The molecule has 0 radical (unpaired) electrons. The minimum atomic E-state index is -3.22. The van der Waals surface area contributed by atoms with Crippen LogP contribution in [0.4, 0.5) is 0 Å². The summed E-state index contributed by atoms with van der Waals surface area (Å²) in [5.41, 5.74) is 0.934. The monoisotopic (exact) mass is 431 g/mol. The number of carbonyl (C=O) groups excluding carboxylic acids is 1. The summed E-state index contributed by atoms with van der Waals surface area (Å²) in [6.45, 7) is 1.73. The number of hydrogen-bond acceptors (Lipinski definition) is 5. The molecular weight excluding hydrogens is 402 g/mol. The number of likely N-dealkylation sites (tertiary alicyclic amines) is 1. The van der Waals surface area contributed by atoms with Crippen LogP contribution in [0.2, 0.25) is 0 Å². The van der Waals surface area contributed by atoms with Crippen molar-refractivity contribution in [3.05, 3.63) is 60.2 Å². The lowest BCUT2D eigenvalue weighted by Gasteiger charge is -2.34. The first-order chi connectivity index (χ1) is 14.3. The van der Waals surface area contributed by atoms with Gasteiger partial charge in [-0.2, -0.15) is 0 Å². The van der Waals surface area contributed by atoms with Gasteiger partial charge >= 0.3 is 0 Å². The summed E-state index contributed by atoms with van der Waals surface area (Å²) in [6, 6.07) is 16.0. The summed E-state index contributed by atoms with van der Waals surface area (Å²) in [7, 11) is -3.22. The van der Waals surface area contributed by atoms with Gasteiger partial charge in [-0.1, -0.05) is 30.3 Å².